The molecule has 2 aromatic rings. The summed E-state index contributed by atoms with van der Waals surface area (Å²) >= 11 is 0. The summed E-state index contributed by atoms with van der Waals surface area (Å²) < 4.78 is 0. The number of allylic oxidation sites excluding steroid dienone is 4. The zero-order valence-corrected chi connectivity index (χ0v) is 10.8. The van der Waals surface area contributed by atoms with E-state index in [1.54, 1.807) is 12.4 Å². The van der Waals surface area contributed by atoms with Crippen molar-refractivity contribution >= 4 is 0 Å². The topological polar surface area (TPSA) is 25.8 Å². The van der Waals surface area contributed by atoms with Crippen molar-refractivity contribution in [1.29, 1.82) is 0 Å². The fourth-order valence-corrected chi connectivity index (χ4v) is 1.37. The van der Waals surface area contributed by atoms with Crippen LogP contribution in [-0.2, 0) is 16.8 Å². The molecule has 0 aliphatic heterocycles. The fraction of sp³-hybridized carbons (Fsp3) is 0.0667. The number of hydrogen-bond acceptors (Lipinski definition) is 2. The predicted octanol–water partition coefficient (Wildman–Crippen LogP) is 3.45. The summed E-state index contributed by atoms with van der Waals surface area (Å²) in [7, 11) is 0. The van der Waals surface area contributed by atoms with Gasteiger partial charge in [-0.2, -0.15) is 6.08 Å². The molecular formula is C15H13CoN2-. The molecule has 0 saturated carbocycles. The van der Waals surface area contributed by atoms with Gasteiger partial charge in [0, 0.05) is 29.2 Å². The van der Waals surface area contributed by atoms with Gasteiger partial charge in [-0.3, -0.25) is 16.0 Å². The van der Waals surface area contributed by atoms with E-state index in [0.717, 1.165) is 17.8 Å². The molecule has 0 saturated heterocycles. The van der Waals surface area contributed by atoms with Crippen molar-refractivity contribution < 1.29 is 16.8 Å². The first-order valence-electron chi connectivity index (χ1n) is 5.51. The summed E-state index contributed by atoms with van der Waals surface area (Å²) in [6.45, 7) is 0. The molecule has 0 atom stereocenters. The van der Waals surface area contributed by atoms with E-state index in [0.29, 0.717) is 0 Å². The molecule has 2 nitrogen and oxygen atoms in total. The summed E-state index contributed by atoms with van der Waals surface area (Å²) in [6.07, 6.45) is 13.5. The Morgan fingerprint density at radius 2 is 1.50 bits per heavy atom. The molecule has 2 aromatic heterocycles. The molecule has 1 aliphatic rings. The SMILES string of the molecule is [C-]1=CC=CC1.[Co].c1ccc(-c2ccccn2)nc1. The van der Waals surface area contributed by atoms with Gasteiger partial charge in [0.25, 0.3) is 0 Å². The van der Waals surface area contributed by atoms with Crippen LogP contribution in [0.1, 0.15) is 6.42 Å². The van der Waals surface area contributed by atoms with Crippen LogP contribution in [0.4, 0.5) is 0 Å². The Bertz CT molecular complexity index is 445. The van der Waals surface area contributed by atoms with Gasteiger partial charge in [-0.1, -0.05) is 12.1 Å². The van der Waals surface area contributed by atoms with E-state index >= 15 is 0 Å². The normalized spacial score (nSPS) is 11.3. The average Bonchev–Trinajstić information content (AvgIpc) is 3.00. The minimum Gasteiger partial charge on any atom is -0.273 e. The minimum atomic E-state index is 0. The minimum absolute atomic E-state index is 0. The van der Waals surface area contributed by atoms with E-state index in [2.05, 4.69) is 22.1 Å². The molecule has 3 heteroatoms. The van der Waals surface area contributed by atoms with Crippen LogP contribution in [0.15, 0.2) is 67.0 Å². The largest absolute Gasteiger partial charge is 0.273 e. The molecule has 1 radical (unpaired) electrons. The van der Waals surface area contributed by atoms with Gasteiger partial charge in [0.2, 0.25) is 0 Å². The molecule has 0 bridgehead atoms. The van der Waals surface area contributed by atoms with Crippen molar-refractivity contribution in [2.75, 3.05) is 0 Å². The Balaban J connectivity index is 0.000000230. The van der Waals surface area contributed by atoms with Gasteiger partial charge >= 0.3 is 0 Å². The average molecular weight is 280 g/mol. The molecule has 2 heterocycles. The first kappa shape index (κ1) is 14.3. The van der Waals surface area contributed by atoms with E-state index in [1.807, 2.05) is 48.6 Å². The second-order valence-corrected chi connectivity index (χ2v) is 3.43. The molecule has 1 aliphatic carbocycles. The summed E-state index contributed by atoms with van der Waals surface area (Å²) in [5.41, 5.74) is 1.83. The van der Waals surface area contributed by atoms with Gasteiger partial charge < -0.3 is 0 Å². The molecule has 0 N–H and O–H groups in total. The Morgan fingerprint density at radius 1 is 0.889 bits per heavy atom. The third-order valence-electron chi connectivity index (χ3n) is 2.18. The van der Waals surface area contributed by atoms with Gasteiger partial charge in [0.05, 0.1) is 11.4 Å². The maximum Gasteiger partial charge on any atom is 0.0886 e. The predicted molar refractivity (Wildman–Crippen MR) is 69.0 cm³/mol. The second-order valence-electron chi connectivity index (χ2n) is 3.43. The number of rotatable bonds is 1. The van der Waals surface area contributed by atoms with Crippen molar-refractivity contribution in [1.82, 2.24) is 9.97 Å². The Hall–Kier alpha value is -1.71. The molecule has 0 unspecified atom stereocenters. The van der Waals surface area contributed by atoms with Crippen LogP contribution in [0.25, 0.3) is 11.4 Å². The van der Waals surface area contributed by atoms with Gasteiger partial charge in [-0.15, -0.1) is 6.42 Å². The van der Waals surface area contributed by atoms with E-state index < -0.39 is 0 Å². The standard InChI is InChI=1S/C10H8N2.C5H5.Co/c1-3-7-11-9(5-1)10-6-2-4-8-12-10;1-2-4-5-3-1;/h1-8H;1-3H,4H2;/q;-1;. The van der Waals surface area contributed by atoms with Crippen molar-refractivity contribution in [3.63, 3.8) is 0 Å². The van der Waals surface area contributed by atoms with Gasteiger partial charge in [0.15, 0.2) is 0 Å². The van der Waals surface area contributed by atoms with Crippen molar-refractivity contribution in [3.8, 4) is 11.4 Å². The fourth-order valence-electron chi connectivity index (χ4n) is 1.37. The van der Waals surface area contributed by atoms with Gasteiger partial charge in [0.1, 0.15) is 0 Å². The zero-order chi connectivity index (χ0) is 11.8. The summed E-state index contributed by atoms with van der Waals surface area (Å²) in [5, 5.41) is 0. The van der Waals surface area contributed by atoms with Crippen LogP contribution < -0.4 is 0 Å². The summed E-state index contributed by atoms with van der Waals surface area (Å²) in [4.78, 5) is 8.37. The quantitative estimate of drug-likeness (QED) is 0.748. The van der Waals surface area contributed by atoms with Crippen LogP contribution in [0.2, 0.25) is 0 Å². The van der Waals surface area contributed by atoms with Crippen molar-refractivity contribution in [2.24, 2.45) is 0 Å². The number of nitrogens with zero attached hydrogens (tertiary/aromatic N) is 2. The zero-order valence-electron chi connectivity index (χ0n) is 9.79. The van der Waals surface area contributed by atoms with E-state index in [9.17, 15) is 0 Å². The van der Waals surface area contributed by atoms with Crippen LogP contribution in [0, 0.1) is 6.08 Å². The first-order chi connectivity index (χ1) is 8.47. The van der Waals surface area contributed by atoms with Crippen LogP contribution in [0.5, 0.6) is 0 Å². The van der Waals surface area contributed by atoms with Crippen molar-refractivity contribution in [3.05, 3.63) is 73.1 Å². The Labute approximate surface area is 118 Å². The van der Waals surface area contributed by atoms with Gasteiger partial charge in [-0.25, -0.2) is 12.2 Å². The van der Waals surface area contributed by atoms with Crippen molar-refractivity contribution in [2.45, 2.75) is 6.42 Å². The number of aromatic nitrogens is 2. The molecule has 0 aromatic carbocycles. The van der Waals surface area contributed by atoms with E-state index in [1.165, 1.54) is 0 Å². The van der Waals surface area contributed by atoms with Crippen LogP contribution >= 0.6 is 0 Å². The molecule has 93 valence electrons. The van der Waals surface area contributed by atoms with E-state index in [-0.39, 0.29) is 16.8 Å². The molecular weight excluding hydrogens is 267 g/mol. The molecule has 0 fully saturated rings. The smallest absolute Gasteiger partial charge is 0.0886 e. The molecule has 3 rings (SSSR count). The Morgan fingerprint density at radius 3 is 1.78 bits per heavy atom. The second kappa shape index (κ2) is 8.39. The number of pyridine rings is 2. The third kappa shape index (κ3) is 4.65. The van der Waals surface area contributed by atoms with Crippen LogP contribution in [-0.4, -0.2) is 9.97 Å². The van der Waals surface area contributed by atoms with E-state index in [4.69, 9.17) is 0 Å². The molecule has 0 amide bonds. The first-order valence-corrected chi connectivity index (χ1v) is 5.51. The monoisotopic (exact) mass is 280 g/mol. The molecule has 0 spiro atoms. The summed E-state index contributed by atoms with van der Waals surface area (Å²) in [6, 6.07) is 11.6. The molecule has 18 heavy (non-hydrogen) atoms. The summed E-state index contributed by atoms with van der Waals surface area (Å²) in [5.74, 6) is 0. The Kier molecular flexibility index (Phi) is 6.69. The number of hydrogen-bond donors (Lipinski definition) is 0. The third-order valence-corrected chi connectivity index (χ3v) is 2.18. The van der Waals surface area contributed by atoms with Gasteiger partial charge in [-0.05, 0) is 24.3 Å². The van der Waals surface area contributed by atoms with Crippen LogP contribution in [0.3, 0.4) is 0 Å². The maximum absolute atomic E-state index is 4.19. The maximum atomic E-state index is 4.19.